The molecule has 0 aromatic carbocycles. The van der Waals surface area contributed by atoms with E-state index in [1.807, 2.05) is 13.8 Å². The summed E-state index contributed by atoms with van der Waals surface area (Å²) in [6.45, 7) is 3.71. The van der Waals surface area contributed by atoms with Crippen LogP contribution in [0, 0.1) is 13.8 Å². The lowest BCUT2D eigenvalue weighted by Gasteiger charge is -2.05. The number of fused-ring (bicyclic) bond motifs is 1. The number of hydrogen-bond donors (Lipinski definition) is 2. The van der Waals surface area contributed by atoms with Gasteiger partial charge in [-0.25, -0.2) is 4.98 Å². The van der Waals surface area contributed by atoms with E-state index >= 15 is 0 Å². The number of pyridine rings is 1. The van der Waals surface area contributed by atoms with Crippen molar-refractivity contribution in [2.24, 2.45) is 7.05 Å². The molecule has 102 valence electrons. The van der Waals surface area contributed by atoms with Crippen molar-refractivity contribution >= 4 is 16.7 Å². The Bertz CT molecular complexity index is 876. The van der Waals surface area contributed by atoms with Gasteiger partial charge in [-0.3, -0.25) is 14.5 Å². The summed E-state index contributed by atoms with van der Waals surface area (Å²) >= 11 is 0. The molecule has 0 unspecified atom stereocenters. The quantitative estimate of drug-likeness (QED) is 0.684. The highest BCUT2D eigenvalue weighted by molar-refractivity contribution is 5.78. The van der Waals surface area contributed by atoms with Crippen LogP contribution >= 0.6 is 0 Å². The standard InChI is InChI=1S/C13H14N6O/c1-6-9(4-8(14)5-15-6)12-16-10-7(2)19(3)18-11(10)13(20)17-12/h4-5H,14H2,1-3H3,(H,16,17,20). The van der Waals surface area contributed by atoms with E-state index in [0.29, 0.717) is 28.1 Å². The number of aromatic nitrogens is 5. The topological polar surface area (TPSA) is 102 Å². The fourth-order valence-corrected chi connectivity index (χ4v) is 2.11. The van der Waals surface area contributed by atoms with Gasteiger partial charge in [-0.15, -0.1) is 0 Å². The second-order valence-electron chi connectivity index (χ2n) is 4.72. The molecule has 0 saturated heterocycles. The Kier molecular flexibility index (Phi) is 2.56. The molecule has 0 atom stereocenters. The molecule has 0 bridgehead atoms. The lowest BCUT2D eigenvalue weighted by atomic mass is 10.1. The number of nitrogens with two attached hydrogens (primary N) is 1. The summed E-state index contributed by atoms with van der Waals surface area (Å²) in [6.07, 6.45) is 1.57. The number of anilines is 1. The second-order valence-corrected chi connectivity index (χ2v) is 4.72. The molecule has 3 rings (SSSR count). The van der Waals surface area contributed by atoms with E-state index in [1.54, 1.807) is 24.0 Å². The van der Waals surface area contributed by atoms with E-state index in [-0.39, 0.29) is 5.56 Å². The Morgan fingerprint density at radius 1 is 1.30 bits per heavy atom. The summed E-state index contributed by atoms with van der Waals surface area (Å²) in [5, 5.41) is 4.16. The average Bonchev–Trinajstić information content (AvgIpc) is 2.70. The molecule has 0 amide bonds. The first-order valence-corrected chi connectivity index (χ1v) is 6.13. The van der Waals surface area contributed by atoms with Gasteiger partial charge in [-0.05, 0) is 19.9 Å². The van der Waals surface area contributed by atoms with Crippen LogP contribution < -0.4 is 11.3 Å². The molecule has 7 heteroatoms. The van der Waals surface area contributed by atoms with Crippen molar-refractivity contribution in [1.29, 1.82) is 0 Å². The Morgan fingerprint density at radius 3 is 2.80 bits per heavy atom. The van der Waals surface area contributed by atoms with Crippen molar-refractivity contribution in [2.45, 2.75) is 13.8 Å². The highest BCUT2D eigenvalue weighted by Gasteiger charge is 2.14. The van der Waals surface area contributed by atoms with Gasteiger partial charge >= 0.3 is 0 Å². The van der Waals surface area contributed by atoms with Crippen LogP contribution in [0.25, 0.3) is 22.4 Å². The van der Waals surface area contributed by atoms with Crippen molar-refractivity contribution in [3.05, 3.63) is 34.0 Å². The molecule has 3 N–H and O–H groups in total. The van der Waals surface area contributed by atoms with Crippen LogP contribution in [0.5, 0.6) is 0 Å². The fourth-order valence-electron chi connectivity index (χ4n) is 2.11. The van der Waals surface area contributed by atoms with Gasteiger partial charge in [0, 0.05) is 18.3 Å². The number of aromatic amines is 1. The van der Waals surface area contributed by atoms with Gasteiger partial charge in [-0.2, -0.15) is 5.10 Å². The first kappa shape index (κ1) is 12.3. The van der Waals surface area contributed by atoms with Crippen molar-refractivity contribution < 1.29 is 0 Å². The summed E-state index contributed by atoms with van der Waals surface area (Å²) in [5.41, 5.74) is 9.24. The lowest BCUT2D eigenvalue weighted by molar-refractivity contribution is 0.749. The van der Waals surface area contributed by atoms with Gasteiger partial charge in [0.2, 0.25) is 0 Å². The number of H-pyrrole nitrogens is 1. The maximum absolute atomic E-state index is 12.1. The molecule has 7 nitrogen and oxygen atoms in total. The largest absolute Gasteiger partial charge is 0.397 e. The van der Waals surface area contributed by atoms with Crippen LogP contribution in [0.4, 0.5) is 5.69 Å². The first-order valence-electron chi connectivity index (χ1n) is 6.13. The zero-order valence-corrected chi connectivity index (χ0v) is 11.4. The van der Waals surface area contributed by atoms with Crippen LogP contribution in [0.2, 0.25) is 0 Å². The number of rotatable bonds is 1. The van der Waals surface area contributed by atoms with Crippen LogP contribution in [-0.2, 0) is 7.05 Å². The van der Waals surface area contributed by atoms with E-state index in [1.165, 1.54) is 0 Å². The summed E-state index contributed by atoms with van der Waals surface area (Å²) < 4.78 is 1.64. The van der Waals surface area contributed by atoms with Crippen LogP contribution in [0.3, 0.4) is 0 Å². The minimum atomic E-state index is -0.268. The van der Waals surface area contributed by atoms with Crippen molar-refractivity contribution in [3.8, 4) is 11.4 Å². The average molecular weight is 270 g/mol. The smallest absolute Gasteiger partial charge is 0.279 e. The molecule has 3 aromatic rings. The number of nitrogens with one attached hydrogen (secondary N) is 1. The number of nitrogens with zero attached hydrogens (tertiary/aromatic N) is 4. The van der Waals surface area contributed by atoms with Gasteiger partial charge in [-0.1, -0.05) is 0 Å². The van der Waals surface area contributed by atoms with Crippen LogP contribution in [0.15, 0.2) is 17.1 Å². The van der Waals surface area contributed by atoms with E-state index in [4.69, 9.17) is 5.73 Å². The Balaban J connectivity index is 2.35. The maximum atomic E-state index is 12.1. The van der Waals surface area contributed by atoms with Crippen molar-refractivity contribution in [2.75, 3.05) is 5.73 Å². The molecular formula is C13H14N6O. The molecule has 0 saturated carbocycles. The second kappa shape index (κ2) is 4.16. The van der Waals surface area contributed by atoms with Crippen molar-refractivity contribution in [3.63, 3.8) is 0 Å². The van der Waals surface area contributed by atoms with Crippen molar-refractivity contribution in [1.82, 2.24) is 24.7 Å². The molecule has 3 heterocycles. The Labute approximate surface area is 114 Å². The molecule has 0 aliphatic rings. The molecule has 0 spiro atoms. The third kappa shape index (κ3) is 1.75. The number of aryl methyl sites for hydroxylation is 3. The lowest BCUT2D eigenvalue weighted by Crippen LogP contribution is -2.10. The third-order valence-corrected chi connectivity index (χ3v) is 3.34. The zero-order chi connectivity index (χ0) is 14.4. The van der Waals surface area contributed by atoms with Gasteiger partial charge in [0.25, 0.3) is 5.56 Å². The molecule has 0 fully saturated rings. The Morgan fingerprint density at radius 2 is 2.05 bits per heavy atom. The minimum absolute atomic E-state index is 0.268. The summed E-state index contributed by atoms with van der Waals surface area (Å²) in [7, 11) is 1.78. The molecule has 0 aliphatic carbocycles. The van der Waals surface area contributed by atoms with E-state index < -0.39 is 0 Å². The third-order valence-electron chi connectivity index (χ3n) is 3.34. The van der Waals surface area contributed by atoms with Gasteiger partial charge in [0.1, 0.15) is 11.3 Å². The van der Waals surface area contributed by atoms with Gasteiger partial charge < -0.3 is 10.7 Å². The van der Waals surface area contributed by atoms with Crippen LogP contribution in [0.1, 0.15) is 11.4 Å². The summed E-state index contributed by atoms with van der Waals surface area (Å²) in [6, 6.07) is 1.75. The minimum Gasteiger partial charge on any atom is -0.397 e. The molecule has 0 radical (unpaired) electrons. The normalized spacial score (nSPS) is 11.2. The summed E-state index contributed by atoms with van der Waals surface area (Å²) in [4.78, 5) is 23.5. The zero-order valence-electron chi connectivity index (χ0n) is 11.4. The van der Waals surface area contributed by atoms with E-state index in [9.17, 15) is 4.79 Å². The molecular weight excluding hydrogens is 256 g/mol. The van der Waals surface area contributed by atoms with Gasteiger partial charge in [0.05, 0.1) is 17.6 Å². The Hall–Kier alpha value is -2.70. The number of nitrogen functional groups attached to an aromatic ring is 1. The highest BCUT2D eigenvalue weighted by atomic mass is 16.1. The summed E-state index contributed by atoms with van der Waals surface area (Å²) in [5.74, 6) is 0.455. The van der Waals surface area contributed by atoms with E-state index in [2.05, 4.69) is 20.1 Å². The monoisotopic (exact) mass is 270 g/mol. The number of hydrogen-bond acceptors (Lipinski definition) is 5. The fraction of sp³-hybridized carbons (Fsp3) is 0.231. The molecule has 3 aromatic heterocycles. The van der Waals surface area contributed by atoms with E-state index in [0.717, 1.165) is 11.4 Å². The SMILES string of the molecule is Cc1ncc(N)cc1-c1nc2c(C)n(C)nc2c(=O)[nH]1. The predicted octanol–water partition coefficient (Wildman–Crippen LogP) is 0.918. The maximum Gasteiger partial charge on any atom is 0.279 e. The van der Waals surface area contributed by atoms with Gasteiger partial charge in [0.15, 0.2) is 5.52 Å². The molecule has 20 heavy (non-hydrogen) atoms. The molecule has 0 aliphatic heterocycles. The van der Waals surface area contributed by atoms with Crippen LogP contribution in [-0.4, -0.2) is 24.7 Å². The first-order chi connectivity index (χ1) is 9.47. The highest BCUT2D eigenvalue weighted by Crippen LogP contribution is 2.21. The predicted molar refractivity (Wildman–Crippen MR) is 76.2 cm³/mol.